The summed E-state index contributed by atoms with van der Waals surface area (Å²) in [6.45, 7) is 1.89. The van der Waals surface area contributed by atoms with Crippen molar-refractivity contribution in [3.8, 4) is 11.5 Å². The van der Waals surface area contributed by atoms with Gasteiger partial charge in [0.15, 0.2) is 5.82 Å². The molecule has 0 aliphatic rings. The summed E-state index contributed by atoms with van der Waals surface area (Å²) in [5.74, 6) is 1.05. The summed E-state index contributed by atoms with van der Waals surface area (Å²) in [5, 5.41) is 4.48. The standard InChI is InChI=1S/C11H11BrClN3O/c1-6(14)2-10-15-11(17-16-10)7-3-8(12)5-9(13)4-7/h3-6H,2,14H2,1H3. The van der Waals surface area contributed by atoms with Crippen molar-refractivity contribution in [3.05, 3.63) is 33.5 Å². The van der Waals surface area contributed by atoms with Gasteiger partial charge in [-0.2, -0.15) is 4.98 Å². The predicted octanol–water partition coefficient (Wildman–Crippen LogP) is 3.04. The zero-order valence-corrected chi connectivity index (χ0v) is 11.5. The molecule has 0 amide bonds. The number of nitrogens with zero attached hydrogens (tertiary/aromatic N) is 2. The molecule has 1 aromatic carbocycles. The predicted molar refractivity (Wildman–Crippen MR) is 69.8 cm³/mol. The SMILES string of the molecule is CC(N)Cc1noc(-c2cc(Cl)cc(Br)c2)n1. The van der Waals surface area contributed by atoms with Crippen molar-refractivity contribution in [2.45, 2.75) is 19.4 Å². The monoisotopic (exact) mass is 315 g/mol. The average Bonchev–Trinajstić information content (AvgIpc) is 2.63. The van der Waals surface area contributed by atoms with E-state index in [1.54, 1.807) is 12.1 Å². The van der Waals surface area contributed by atoms with Crippen LogP contribution in [0.5, 0.6) is 0 Å². The topological polar surface area (TPSA) is 64.9 Å². The molecule has 6 heteroatoms. The summed E-state index contributed by atoms with van der Waals surface area (Å²) in [7, 11) is 0. The molecule has 0 bridgehead atoms. The van der Waals surface area contributed by atoms with Crippen molar-refractivity contribution in [1.29, 1.82) is 0 Å². The van der Waals surface area contributed by atoms with Gasteiger partial charge < -0.3 is 10.3 Å². The van der Waals surface area contributed by atoms with E-state index < -0.39 is 0 Å². The van der Waals surface area contributed by atoms with E-state index in [9.17, 15) is 0 Å². The van der Waals surface area contributed by atoms with Gasteiger partial charge in [0.2, 0.25) is 0 Å². The van der Waals surface area contributed by atoms with Gasteiger partial charge in [-0.25, -0.2) is 0 Å². The van der Waals surface area contributed by atoms with Crippen LogP contribution in [0, 0.1) is 0 Å². The highest BCUT2D eigenvalue weighted by molar-refractivity contribution is 9.10. The van der Waals surface area contributed by atoms with Gasteiger partial charge >= 0.3 is 0 Å². The minimum atomic E-state index is 0.00606. The van der Waals surface area contributed by atoms with Crippen LogP contribution < -0.4 is 5.73 Å². The molecule has 4 nitrogen and oxygen atoms in total. The first-order valence-electron chi connectivity index (χ1n) is 5.09. The lowest BCUT2D eigenvalue weighted by molar-refractivity contribution is 0.420. The van der Waals surface area contributed by atoms with Crippen molar-refractivity contribution in [1.82, 2.24) is 10.1 Å². The minimum Gasteiger partial charge on any atom is -0.334 e. The third-order valence-corrected chi connectivity index (χ3v) is 2.76. The molecular weight excluding hydrogens is 305 g/mol. The van der Waals surface area contributed by atoms with E-state index in [-0.39, 0.29) is 6.04 Å². The molecule has 0 fully saturated rings. The quantitative estimate of drug-likeness (QED) is 0.945. The summed E-state index contributed by atoms with van der Waals surface area (Å²) in [4.78, 5) is 4.27. The molecule has 1 unspecified atom stereocenters. The van der Waals surface area contributed by atoms with Gasteiger partial charge in [-0.3, -0.25) is 0 Å². The number of halogens is 2. The van der Waals surface area contributed by atoms with E-state index in [0.717, 1.165) is 10.0 Å². The molecule has 0 radical (unpaired) electrons. The van der Waals surface area contributed by atoms with E-state index in [2.05, 4.69) is 26.1 Å². The van der Waals surface area contributed by atoms with Crippen molar-refractivity contribution in [2.24, 2.45) is 5.73 Å². The van der Waals surface area contributed by atoms with Crippen molar-refractivity contribution in [3.63, 3.8) is 0 Å². The van der Waals surface area contributed by atoms with Crippen LogP contribution in [0.3, 0.4) is 0 Å². The van der Waals surface area contributed by atoms with E-state index >= 15 is 0 Å². The van der Waals surface area contributed by atoms with Crippen LogP contribution in [0.15, 0.2) is 27.2 Å². The molecule has 2 N–H and O–H groups in total. The first-order valence-corrected chi connectivity index (χ1v) is 6.26. The van der Waals surface area contributed by atoms with E-state index in [4.69, 9.17) is 21.9 Å². The van der Waals surface area contributed by atoms with Crippen LogP contribution in [-0.2, 0) is 6.42 Å². The Labute approximate surface area is 112 Å². The summed E-state index contributed by atoms with van der Waals surface area (Å²) in [6, 6.07) is 5.45. The maximum absolute atomic E-state index is 5.95. The van der Waals surface area contributed by atoms with Crippen LogP contribution in [-0.4, -0.2) is 16.2 Å². The minimum absolute atomic E-state index is 0.00606. The van der Waals surface area contributed by atoms with Gasteiger partial charge in [-0.1, -0.05) is 32.7 Å². The van der Waals surface area contributed by atoms with Gasteiger partial charge in [0.25, 0.3) is 5.89 Å². The first kappa shape index (κ1) is 12.5. The Hall–Kier alpha value is -0.910. The molecule has 0 aliphatic heterocycles. The maximum Gasteiger partial charge on any atom is 0.258 e. The van der Waals surface area contributed by atoms with Crippen LogP contribution in [0.4, 0.5) is 0 Å². The second-order valence-corrected chi connectivity index (χ2v) is 5.21. The Morgan fingerprint density at radius 2 is 2.24 bits per heavy atom. The average molecular weight is 317 g/mol. The largest absolute Gasteiger partial charge is 0.334 e. The lowest BCUT2D eigenvalue weighted by Gasteiger charge is -1.98. The molecule has 0 aliphatic carbocycles. The van der Waals surface area contributed by atoms with Crippen LogP contribution in [0.1, 0.15) is 12.7 Å². The smallest absolute Gasteiger partial charge is 0.258 e. The molecule has 2 rings (SSSR count). The zero-order chi connectivity index (χ0) is 12.4. The van der Waals surface area contributed by atoms with E-state index in [1.807, 2.05) is 13.0 Å². The van der Waals surface area contributed by atoms with E-state index in [1.165, 1.54) is 0 Å². The van der Waals surface area contributed by atoms with Crippen molar-refractivity contribution in [2.75, 3.05) is 0 Å². The molecule has 1 aromatic heterocycles. The summed E-state index contributed by atoms with van der Waals surface area (Å²) in [6.07, 6.45) is 0.589. The molecule has 1 heterocycles. The highest BCUT2D eigenvalue weighted by atomic mass is 79.9. The Bertz CT molecular complexity index is 507. The Morgan fingerprint density at radius 3 is 2.88 bits per heavy atom. The molecular formula is C11H11BrClN3O. The second kappa shape index (κ2) is 5.16. The molecule has 0 saturated heterocycles. The van der Waals surface area contributed by atoms with Crippen molar-refractivity contribution < 1.29 is 4.52 Å². The third-order valence-electron chi connectivity index (χ3n) is 2.08. The highest BCUT2D eigenvalue weighted by Gasteiger charge is 2.11. The van der Waals surface area contributed by atoms with Gasteiger partial charge in [0, 0.05) is 27.5 Å². The van der Waals surface area contributed by atoms with Gasteiger partial charge in [-0.05, 0) is 25.1 Å². The van der Waals surface area contributed by atoms with Gasteiger partial charge in [-0.15, -0.1) is 0 Å². The molecule has 0 saturated carbocycles. The molecule has 0 spiro atoms. The Kier molecular flexibility index (Phi) is 3.81. The lowest BCUT2D eigenvalue weighted by atomic mass is 10.2. The van der Waals surface area contributed by atoms with Crippen molar-refractivity contribution >= 4 is 27.5 Å². The zero-order valence-electron chi connectivity index (χ0n) is 9.15. The fraction of sp³-hybridized carbons (Fsp3) is 0.273. The summed E-state index contributed by atoms with van der Waals surface area (Å²) >= 11 is 9.31. The van der Waals surface area contributed by atoms with Crippen LogP contribution >= 0.6 is 27.5 Å². The molecule has 17 heavy (non-hydrogen) atoms. The molecule has 90 valence electrons. The normalized spacial score (nSPS) is 12.7. The van der Waals surface area contributed by atoms with Crippen LogP contribution in [0.2, 0.25) is 5.02 Å². The number of rotatable bonds is 3. The van der Waals surface area contributed by atoms with E-state index in [0.29, 0.717) is 23.2 Å². The fourth-order valence-electron chi connectivity index (χ4n) is 1.42. The van der Waals surface area contributed by atoms with Crippen LogP contribution in [0.25, 0.3) is 11.5 Å². The first-order chi connectivity index (χ1) is 8.04. The second-order valence-electron chi connectivity index (χ2n) is 3.86. The summed E-state index contributed by atoms with van der Waals surface area (Å²) in [5.41, 5.74) is 6.46. The maximum atomic E-state index is 5.95. The molecule has 1 atom stereocenters. The highest BCUT2D eigenvalue weighted by Crippen LogP contribution is 2.26. The van der Waals surface area contributed by atoms with Gasteiger partial charge in [0.1, 0.15) is 0 Å². The third kappa shape index (κ3) is 3.28. The van der Waals surface area contributed by atoms with Gasteiger partial charge in [0.05, 0.1) is 0 Å². The number of aromatic nitrogens is 2. The fourth-order valence-corrected chi connectivity index (χ4v) is 2.28. The number of benzene rings is 1. The number of hydrogen-bond acceptors (Lipinski definition) is 4. The Morgan fingerprint density at radius 1 is 1.47 bits per heavy atom. The number of nitrogens with two attached hydrogens (primary N) is 1. The Balaban J connectivity index is 2.30. The summed E-state index contributed by atoms with van der Waals surface area (Å²) < 4.78 is 6.03. The number of hydrogen-bond donors (Lipinski definition) is 1. The molecule has 2 aromatic rings. The lowest BCUT2D eigenvalue weighted by Crippen LogP contribution is -2.18.